The average Bonchev–Trinajstić information content (AvgIpc) is 2.29. The van der Waals surface area contributed by atoms with Crippen molar-refractivity contribution in [3.05, 3.63) is 10.1 Å². The largest absolute Gasteiger partial charge is 0.367 e. The molecule has 1 heterocycles. The summed E-state index contributed by atoms with van der Waals surface area (Å²) in [6, 6.07) is 0. The molecule has 0 saturated carbocycles. The lowest BCUT2D eigenvalue weighted by Crippen LogP contribution is -2.61. The molecule has 0 spiro atoms. The van der Waals surface area contributed by atoms with Crippen LogP contribution in [-0.2, 0) is 14.5 Å². The zero-order valence-corrected chi connectivity index (χ0v) is 13.7. The SMILES string of the molecule is CC(C)C(=O)ON1C(C)(C)CC(CO[N+](=O)[O-])CC1(C)C. The van der Waals surface area contributed by atoms with E-state index in [1.54, 1.807) is 18.9 Å². The normalized spacial score (nSPS) is 22.0. The van der Waals surface area contributed by atoms with E-state index in [0.717, 1.165) is 0 Å². The second-order valence-corrected chi connectivity index (χ2v) is 7.28. The van der Waals surface area contributed by atoms with Crippen molar-refractivity contribution < 1.29 is 19.6 Å². The molecule has 0 aromatic carbocycles. The van der Waals surface area contributed by atoms with Crippen LogP contribution in [0.25, 0.3) is 0 Å². The van der Waals surface area contributed by atoms with E-state index in [1.165, 1.54) is 0 Å². The highest BCUT2D eigenvalue weighted by Gasteiger charge is 2.48. The van der Waals surface area contributed by atoms with Crippen LogP contribution < -0.4 is 0 Å². The molecule has 0 N–H and O–H groups in total. The Balaban J connectivity index is 2.83. The molecule has 1 fully saturated rings. The van der Waals surface area contributed by atoms with Gasteiger partial charge in [-0.25, -0.2) is 0 Å². The van der Waals surface area contributed by atoms with E-state index in [4.69, 9.17) is 4.84 Å². The zero-order valence-electron chi connectivity index (χ0n) is 13.7. The fourth-order valence-electron chi connectivity index (χ4n) is 3.20. The summed E-state index contributed by atoms with van der Waals surface area (Å²) in [6.07, 6.45) is 1.32. The number of hydroxylamine groups is 2. The average molecular weight is 302 g/mol. The van der Waals surface area contributed by atoms with E-state index in [2.05, 4.69) is 4.84 Å². The minimum atomic E-state index is -0.759. The number of hydrogen-bond acceptors (Lipinski definition) is 6. The number of nitrogens with zero attached hydrogens (tertiary/aromatic N) is 2. The molecule has 1 aliphatic heterocycles. The van der Waals surface area contributed by atoms with Crippen molar-refractivity contribution in [2.75, 3.05) is 6.61 Å². The first-order chi connectivity index (χ1) is 9.45. The first-order valence-electron chi connectivity index (χ1n) is 7.25. The third kappa shape index (κ3) is 4.56. The fraction of sp³-hybridized carbons (Fsp3) is 0.929. The maximum atomic E-state index is 11.9. The van der Waals surface area contributed by atoms with Crippen molar-refractivity contribution in [2.45, 2.75) is 65.5 Å². The molecule has 0 aromatic heterocycles. The van der Waals surface area contributed by atoms with Crippen LogP contribution in [0.4, 0.5) is 0 Å². The predicted molar refractivity (Wildman–Crippen MR) is 76.6 cm³/mol. The van der Waals surface area contributed by atoms with Crippen molar-refractivity contribution in [2.24, 2.45) is 11.8 Å². The highest BCUT2D eigenvalue weighted by molar-refractivity contribution is 5.71. The summed E-state index contributed by atoms with van der Waals surface area (Å²) >= 11 is 0. The summed E-state index contributed by atoms with van der Waals surface area (Å²) in [7, 11) is 0. The van der Waals surface area contributed by atoms with E-state index < -0.39 is 16.2 Å². The second-order valence-electron chi connectivity index (χ2n) is 7.28. The van der Waals surface area contributed by atoms with Gasteiger partial charge in [-0.2, -0.15) is 0 Å². The topological polar surface area (TPSA) is 81.9 Å². The number of carbonyl (C=O) groups is 1. The Bertz CT molecular complexity index is 388. The molecule has 122 valence electrons. The molecule has 21 heavy (non-hydrogen) atoms. The zero-order chi connectivity index (χ0) is 16.4. The van der Waals surface area contributed by atoms with Gasteiger partial charge in [-0.05, 0) is 46.5 Å². The molecular weight excluding hydrogens is 276 g/mol. The first-order valence-corrected chi connectivity index (χ1v) is 7.25. The molecule has 7 nitrogen and oxygen atoms in total. The Morgan fingerprint density at radius 1 is 1.29 bits per heavy atom. The Morgan fingerprint density at radius 2 is 1.76 bits per heavy atom. The van der Waals surface area contributed by atoms with Crippen molar-refractivity contribution in [3.63, 3.8) is 0 Å². The molecule has 0 radical (unpaired) electrons. The van der Waals surface area contributed by atoms with E-state index in [9.17, 15) is 14.9 Å². The number of rotatable bonds is 5. The molecule has 0 bridgehead atoms. The van der Waals surface area contributed by atoms with Gasteiger partial charge in [0.05, 0.1) is 23.6 Å². The minimum absolute atomic E-state index is 0.0504. The Labute approximate surface area is 125 Å². The molecule has 1 saturated heterocycles. The van der Waals surface area contributed by atoms with Crippen LogP contribution in [0.2, 0.25) is 0 Å². The Hall–Kier alpha value is -1.37. The molecule has 0 amide bonds. The van der Waals surface area contributed by atoms with Gasteiger partial charge in [0.1, 0.15) is 0 Å². The van der Waals surface area contributed by atoms with Crippen LogP contribution in [0.1, 0.15) is 54.4 Å². The highest BCUT2D eigenvalue weighted by atomic mass is 16.9. The molecule has 0 aliphatic carbocycles. The minimum Gasteiger partial charge on any atom is -0.367 e. The van der Waals surface area contributed by atoms with Crippen LogP contribution in [0.5, 0.6) is 0 Å². The van der Waals surface area contributed by atoms with Gasteiger partial charge < -0.3 is 9.68 Å². The van der Waals surface area contributed by atoms with E-state index in [1.807, 2.05) is 27.7 Å². The Morgan fingerprint density at radius 3 is 2.14 bits per heavy atom. The monoisotopic (exact) mass is 302 g/mol. The van der Waals surface area contributed by atoms with Gasteiger partial charge >= 0.3 is 5.97 Å². The van der Waals surface area contributed by atoms with Crippen molar-refractivity contribution >= 4 is 5.97 Å². The maximum Gasteiger partial charge on any atom is 0.327 e. The van der Waals surface area contributed by atoms with Crippen molar-refractivity contribution in [3.8, 4) is 0 Å². The lowest BCUT2D eigenvalue weighted by atomic mass is 9.75. The lowest BCUT2D eigenvalue weighted by Gasteiger charge is -2.52. The van der Waals surface area contributed by atoms with Crippen LogP contribution in [0.3, 0.4) is 0 Å². The standard InChI is InChI=1S/C14H26N2O5/c1-10(2)12(17)21-15-13(3,4)7-11(8-14(15,5)6)9-20-16(18)19/h10-11H,7-9H2,1-6H3. The summed E-state index contributed by atoms with van der Waals surface area (Å²) in [5.41, 5.74) is -0.812. The quantitative estimate of drug-likeness (QED) is 0.573. The predicted octanol–water partition coefficient (Wildman–Crippen LogP) is 2.58. The maximum absolute atomic E-state index is 11.9. The van der Waals surface area contributed by atoms with Gasteiger partial charge in [0.2, 0.25) is 0 Å². The van der Waals surface area contributed by atoms with Gasteiger partial charge in [-0.3, -0.25) is 4.79 Å². The first kappa shape index (κ1) is 17.7. The third-order valence-electron chi connectivity index (χ3n) is 3.74. The molecule has 0 unspecified atom stereocenters. The third-order valence-corrected chi connectivity index (χ3v) is 3.74. The number of hydrogen-bond donors (Lipinski definition) is 0. The molecular formula is C14H26N2O5. The van der Waals surface area contributed by atoms with Crippen molar-refractivity contribution in [1.82, 2.24) is 5.06 Å². The number of piperidine rings is 1. The van der Waals surface area contributed by atoms with Gasteiger partial charge in [0.15, 0.2) is 0 Å². The summed E-state index contributed by atoms with van der Waals surface area (Å²) in [4.78, 5) is 32.4. The van der Waals surface area contributed by atoms with Crippen LogP contribution >= 0.6 is 0 Å². The van der Waals surface area contributed by atoms with Crippen molar-refractivity contribution in [1.29, 1.82) is 0 Å². The van der Waals surface area contributed by atoms with Crippen LogP contribution in [-0.4, -0.2) is 33.8 Å². The summed E-state index contributed by atoms with van der Waals surface area (Å²) in [6.45, 7) is 11.6. The molecule has 1 rings (SSSR count). The van der Waals surface area contributed by atoms with Crippen LogP contribution in [0.15, 0.2) is 0 Å². The molecule has 0 atom stereocenters. The van der Waals surface area contributed by atoms with Gasteiger partial charge in [-0.15, -0.1) is 15.2 Å². The second kappa shape index (κ2) is 6.17. The Kier molecular flexibility index (Phi) is 5.20. The molecule has 7 heteroatoms. The van der Waals surface area contributed by atoms with Gasteiger partial charge in [0, 0.05) is 0 Å². The molecule has 1 aliphatic rings. The highest BCUT2D eigenvalue weighted by Crippen LogP contribution is 2.41. The lowest BCUT2D eigenvalue weighted by molar-refractivity contribution is -0.759. The van der Waals surface area contributed by atoms with E-state index in [-0.39, 0.29) is 24.4 Å². The molecule has 0 aromatic rings. The van der Waals surface area contributed by atoms with Gasteiger partial charge in [0.25, 0.3) is 5.09 Å². The van der Waals surface area contributed by atoms with E-state index >= 15 is 0 Å². The fourth-order valence-corrected chi connectivity index (χ4v) is 3.20. The summed E-state index contributed by atoms with van der Waals surface area (Å²) in [5, 5.41) is 11.3. The van der Waals surface area contributed by atoms with E-state index in [0.29, 0.717) is 12.8 Å². The summed E-state index contributed by atoms with van der Waals surface area (Å²) < 4.78 is 0. The smallest absolute Gasteiger partial charge is 0.327 e. The summed E-state index contributed by atoms with van der Waals surface area (Å²) in [5.74, 6) is -0.419. The number of carbonyl (C=O) groups excluding carboxylic acids is 1. The van der Waals surface area contributed by atoms with Crippen LogP contribution in [0, 0.1) is 22.0 Å². The van der Waals surface area contributed by atoms with Gasteiger partial charge in [-0.1, -0.05) is 13.8 Å².